The minimum atomic E-state index is -1.08. The van der Waals surface area contributed by atoms with E-state index in [9.17, 15) is 14.3 Å². The lowest BCUT2D eigenvalue weighted by Crippen LogP contribution is -2.27. The van der Waals surface area contributed by atoms with Gasteiger partial charge in [-0.25, -0.2) is 19.2 Å². The molecule has 0 saturated heterocycles. The van der Waals surface area contributed by atoms with Crippen molar-refractivity contribution in [3.63, 3.8) is 0 Å². The van der Waals surface area contributed by atoms with Crippen LogP contribution in [0.3, 0.4) is 0 Å². The fraction of sp³-hybridized carbons (Fsp3) is 0.250. The highest BCUT2D eigenvalue weighted by Crippen LogP contribution is 2.39. The third kappa shape index (κ3) is 5.83. The molecule has 2 aromatic carbocycles. The van der Waals surface area contributed by atoms with Crippen molar-refractivity contribution < 1.29 is 19.0 Å². The molecule has 0 saturated carbocycles. The van der Waals surface area contributed by atoms with E-state index in [-0.39, 0.29) is 18.1 Å². The Morgan fingerprint density at radius 2 is 2.05 bits per heavy atom. The lowest BCUT2D eigenvalue weighted by molar-refractivity contribution is 0.0690. The average molecular weight is 703 g/mol. The Bertz CT molecular complexity index is 1730. The van der Waals surface area contributed by atoms with Gasteiger partial charge in [0.15, 0.2) is 39.2 Å². The molecule has 13 heteroatoms. The predicted molar refractivity (Wildman–Crippen MR) is 167 cm³/mol. The second-order valence-corrected chi connectivity index (χ2v) is 12.8. The van der Waals surface area contributed by atoms with E-state index in [4.69, 9.17) is 4.74 Å². The molecule has 0 aliphatic carbocycles. The van der Waals surface area contributed by atoms with Crippen molar-refractivity contribution in [1.29, 1.82) is 0 Å². The summed E-state index contributed by atoms with van der Waals surface area (Å²) in [7, 11) is 0. The minimum Gasteiger partial charge on any atom is -0.491 e. The molecule has 5 aromatic rings. The van der Waals surface area contributed by atoms with Gasteiger partial charge >= 0.3 is 5.97 Å². The van der Waals surface area contributed by atoms with Crippen molar-refractivity contribution in [1.82, 2.24) is 20.2 Å². The number of rotatable bonds is 9. The van der Waals surface area contributed by atoms with Gasteiger partial charge in [0.25, 0.3) is 0 Å². The van der Waals surface area contributed by atoms with Gasteiger partial charge in [-0.2, -0.15) is 0 Å². The third-order valence-corrected chi connectivity index (χ3v) is 9.49. The number of fused-ring (bicyclic) bond motifs is 2. The lowest BCUT2D eigenvalue weighted by atomic mass is 10.0. The molecule has 3 aromatic heterocycles. The van der Waals surface area contributed by atoms with Gasteiger partial charge in [-0.1, -0.05) is 23.5 Å². The van der Waals surface area contributed by atoms with Gasteiger partial charge in [0.05, 0.1) is 16.8 Å². The fourth-order valence-electron chi connectivity index (χ4n) is 4.71. The van der Waals surface area contributed by atoms with E-state index in [2.05, 4.69) is 25.5 Å². The number of nitrogens with one attached hydrogen (secondary N) is 1. The van der Waals surface area contributed by atoms with Gasteiger partial charge < -0.3 is 20.1 Å². The summed E-state index contributed by atoms with van der Waals surface area (Å²) >= 11 is 4.94. The van der Waals surface area contributed by atoms with Crippen LogP contribution in [0.2, 0.25) is 0 Å². The Morgan fingerprint density at radius 3 is 2.85 bits per heavy atom. The molecule has 0 spiro atoms. The molecule has 6 rings (SSSR count). The highest BCUT2D eigenvalue weighted by molar-refractivity contribution is 14.1. The molecule has 0 amide bonds. The number of benzene rings is 2. The quantitative estimate of drug-likeness (QED) is 0.122. The Hall–Kier alpha value is -3.43. The number of ether oxygens (including phenoxy) is 1. The van der Waals surface area contributed by atoms with Crippen molar-refractivity contribution in [3.05, 3.63) is 73.5 Å². The molecule has 0 bridgehead atoms. The summed E-state index contributed by atoms with van der Waals surface area (Å²) in [4.78, 5) is 23.8. The molecule has 4 heterocycles. The van der Waals surface area contributed by atoms with Gasteiger partial charge in [0.2, 0.25) is 0 Å². The lowest BCUT2D eigenvalue weighted by Gasteiger charge is -2.28. The van der Waals surface area contributed by atoms with E-state index in [0.29, 0.717) is 41.0 Å². The first kappa shape index (κ1) is 27.7. The first-order valence-corrected chi connectivity index (χ1v) is 15.7. The molecule has 2 N–H and O–H groups in total. The molecular weight excluding hydrogens is 678 g/mol. The van der Waals surface area contributed by atoms with Crippen molar-refractivity contribution in [2.75, 3.05) is 23.4 Å². The van der Waals surface area contributed by atoms with Crippen LogP contribution in [0.1, 0.15) is 39.3 Å². The second-order valence-electron chi connectivity index (χ2n) is 9.44. The monoisotopic (exact) mass is 702 g/mol. The fourth-order valence-corrected chi connectivity index (χ4v) is 7.15. The summed E-state index contributed by atoms with van der Waals surface area (Å²) < 4.78 is 21.5. The zero-order valence-electron chi connectivity index (χ0n) is 21.9. The SMILES string of the molecule is Cc1c(Nc2nc3ccccc3s2)nnc2c1CCCN2c1nc(C(=O)O)c(CCCOc2ccc(I)cc2F)s1. The van der Waals surface area contributed by atoms with E-state index in [0.717, 1.165) is 42.9 Å². The maximum atomic E-state index is 14.1. The number of hydrogen-bond donors (Lipinski definition) is 2. The van der Waals surface area contributed by atoms with Crippen molar-refractivity contribution in [2.24, 2.45) is 0 Å². The number of aryl methyl sites for hydroxylation is 1. The van der Waals surface area contributed by atoms with E-state index >= 15 is 0 Å². The number of anilines is 4. The summed E-state index contributed by atoms with van der Waals surface area (Å²) in [5.41, 5.74) is 2.99. The number of carboxylic acids is 1. The van der Waals surface area contributed by atoms with Crippen molar-refractivity contribution in [3.8, 4) is 5.75 Å². The third-order valence-electron chi connectivity index (χ3n) is 6.73. The number of aromatic nitrogens is 4. The second kappa shape index (κ2) is 11.8. The number of aromatic carboxylic acids is 1. The zero-order chi connectivity index (χ0) is 28.5. The van der Waals surface area contributed by atoms with Gasteiger partial charge in [-0.15, -0.1) is 21.5 Å². The summed E-state index contributed by atoms with van der Waals surface area (Å²) in [6.45, 7) is 2.93. The van der Waals surface area contributed by atoms with E-state index in [1.807, 2.05) is 58.7 Å². The Labute approximate surface area is 256 Å². The predicted octanol–water partition coefficient (Wildman–Crippen LogP) is 7.13. The molecule has 1 aliphatic rings. The number of nitrogens with zero attached hydrogens (tertiary/aromatic N) is 5. The smallest absolute Gasteiger partial charge is 0.355 e. The Kier molecular flexibility index (Phi) is 7.99. The van der Waals surface area contributed by atoms with Crippen LogP contribution in [-0.2, 0) is 12.8 Å². The zero-order valence-corrected chi connectivity index (χ0v) is 25.6. The van der Waals surface area contributed by atoms with E-state index in [1.165, 1.54) is 17.4 Å². The maximum absolute atomic E-state index is 14.1. The molecule has 0 radical (unpaired) electrons. The normalized spacial score (nSPS) is 12.9. The van der Waals surface area contributed by atoms with Crippen LogP contribution in [0.4, 0.5) is 26.3 Å². The maximum Gasteiger partial charge on any atom is 0.355 e. The molecule has 0 fully saturated rings. The van der Waals surface area contributed by atoms with Crippen molar-refractivity contribution >= 4 is 83.3 Å². The van der Waals surface area contributed by atoms with Gasteiger partial charge in [-0.3, -0.25) is 0 Å². The largest absolute Gasteiger partial charge is 0.491 e. The van der Waals surface area contributed by atoms with Gasteiger partial charge in [0.1, 0.15) is 0 Å². The highest BCUT2D eigenvalue weighted by Gasteiger charge is 2.28. The molecule has 0 unspecified atom stereocenters. The van der Waals surface area contributed by atoms with Crippen LogP contribution in [0.25, 0.3) is 10.2 Å². The van der Waals surface area contributed by atoms with Crippen LogP contribution in [-0.4, -0.2) is 44.4 Å². The molecule has 1 aliphatic heterocycles. The average Bonchev–Trinajstić information content (AvgIpc) is 3.57. The van der Waals surface area contributed by atoms with Crippen LogP contribution in [0, 0.1) is 16.3 Å². The minimum absolute atomic E-state index is 0.0244. The first-order chi connectivity index (χ1) is 19.9. The standard InChI is InChI=1S/C28H24FIN6O3S2/c1-15-17-6-4-12-36(25(17)35-34-24(15)33-27-31-19-7-2-3-8-21(19)40-27)28-32-23(26(37)38)22(41-28)9-5-13-39-20-11-10-16(30)14-18(20)29/h2-3,7-8,10-11,14H,4-6,9,12-13H2,1H3,(H,37,38)(H,31,33,34). The van der Waals surface area contributed by atoms with E-state index < -0.39 is 11.8 Å². The van der Waals surface area contributed by atoms with Crippen LogP contribution in [0.5, 0.6) is 5.75 Å². The summed E-state index contributed by atoms with van der Waals surface area (Å²) in [5, 5.41) is 23.5. The van der Waals surface area contributed by atoms with Crippen molar-refractivity contribution in [2.45, 2.75) is 32.6 Å². The molecule has 210 valence electrons. The topological polar surface area (TPSA) is 113 Å². The number of halogens is 2. The number of hydrogen-bond acceptors (Lipinski definition) is 10. The van der Waals surface area contributed by atoms with Gasteiger partial charge in [0, 0.05) is 26.1 Å². The molecule has 9 nitrogen and oxygen atoms in total. The van der Waals surface area contributed by atoms with Crippen LogP contribution < -0.4 is 15.0 Å². The molecule has 0 atom stereocenters. The van der Waals surface area contributed by atoms with Crippen LogP contribution in [0.15, 0.2) is 42.5 Å². The number of carboxylic acid groups (broad SMARTS) is 1. The van der Waals surface area contributed by atoms with Crippen LogP contribution >= 0.6 is 45.3 Å². The number of para-hydroxylation sites is 1. The number of thiazole rings is 2. The number of carbonyl (C=O) groups is 1. The Balaban J connectivity index is 1.19. The summed E-state index contributed by atoms with van der Waals surface area (Å²) in [5.74, 6) is 0.0344. The van der Waals surface area contributed by atoms with E-state index in [1.54, 1.807) is 23.5 Å². The molecular formula is C28H24FIN6O3S2. The molecule has 41 heavy (non-hydrogen) atoms. The van der Waals surface area contributed by atoms with Gasteiger partial charge in [-0.05, 0) is 85.5 Å². The first-order valence-electron chi connectivity index (χ1n) is 12.9. The summed E-state index contributed by atoms with van der Waals surface area (Å²) in [6.07, 6.45) is 2.66. The highest BCUT2D eigenvalue weighted by atomic mass is 127. The Morgan fingerprint density at radius 1 is 1.20 bits per heavy atom. The summed E-state index contributed by atoms with van der Waals surface area (Å²) in [6, 6.07) is 12.7.